The minimum absolute atomic E-state index is 0.444. The predicted molar refractivity (Wildman–Crippen MR) is 77.9 cm³/mol. The van der Waals surface area contributed by atoms with Crippen molar-refractivity contribution in [2.75, 3.05) is 5.75 Å². The van der Waals surface area contributed by atoms with Crippen molar-refractivity contribution >= 4 is 16.6 Å². The lowest BCUT2D eigenvalue weighted by atomic mass is 10.1. The van der Waals surface area contributed by atoms with E-state index in [9.17, 15) is 17.8 Å². The summed E-state index contributed by atoms with van der Waals surface area (Å²) in [7, 11) is -1.63. The van der Waals surface area contributed by atoms with E-state index in [1.165, 1.54) is 6.07 Å². The second-order valence-corrected chi connectivity index (χ2v) is 6.21. The van der Waals surface area contributed by atoms with E-state index in [1.54, 1.807) is 18.2 Å². The first-order chi connectivity index (χ1) is 9.90. The largest absolute Gasteiger partial charge is 0.293 e. The summed E-state index contributed by atoms with van der Waals surface area (Å²) in [5.74, 6) is -3.11. The fraction of sp³-hybridized carbons (Fsp3) is 0.188. The summed E-state index contributed by atoms with van der Waals surface area (Å²) in [4.78, 5) is 12.4. The molecule has 0 spiro atoms. The van der Waals surface area contributed by atoms with E-state index < -0.39 is 39.5 Å². The first-order valence-electron chi connectivity index (χ1n) is 6.33. The highest BCUT2D eigenvalue weighted by atomic mass is 32.2. The summed E-state index contributed by atoms with van der Waals surface area (Å²) in [5, 5.41) is 0. The van der Waals surface area contributed by atoms with Gasteiger partial charge in [-0.25, -0.2) is 8.78 Å². The molecule has 0 radical (unpaired) electrons. The molecule has 21 heavy (non-hydrogen) atoms. The van der Waals surface area contributed by atoms with Crippen molar-refractivity contribution in [2.24, 2.45) is 0 Å². The fourth-order valence-electron chi connectivity index (χ4n) is 1.89. The van der Waals surface area contributed by atoms with Gasteiger partial charge >= 0.3 is 0 Å². The molecule has 0 aliphatic carbocycles. The molecule has 0 amide bonds. The fourth-order valence-corrected chi connectivity index (χ4v) is 2.97. The van der Waals surface area contributed by atoms with Gasteiger partial charge in [-0.05, 0) is 49.2 Å². The Bertz CT molecular complexity index is 706. The Balaban J connectivity index is 2.23. The van der Waals surface area contributed by atoms with Gasteiger partial charge in [0.15, 0.2) is 5.78 Å². The normalized spacial score (nSPS) is 12.2. The number of hydrogen-bond donors (Lipinski definition) is 0. The minimum atomic E-state index is -1.63. The third kappa shape index (κ3) is 3.42. The second kappa shape index (κ2) is 6.26. The zero-order valence-electron chi connectivity index (χ0n) is 11.7. The molecule has 0 heterocycles. The first kappa shape index (κ1) is 15.5. The molecule has 0 bridgehead atoms. The number of aryl methyl sites for hydroxylation is 2. The van der Waals surface area contributed by atoms with Crippen molar-refractivity contribution in [3.05, 3.63) is 64.7 Å². The number of carbonyl (C=O) groups is 1. The van der Waals surface area contributed by atoms with Crippen molar-refractivity contribution in [3.8, 4) is 0 Å². The summed E-state index contributed by atoms with van der Waals surface area (Å²) in [5.41, 5.74) is 1.36. The van der Waals surface area contributed by atoms with Crippen molar-refractivity contribution in [2.45, 2.75) is 18.7 Å². The number of halogens is 2. The minimum Gasteiger partial charge on any atom is -0.293 e. The Labute approximate surface area is 124 Å². The number of rotatable bonds is 4. The lowest BCUT2D eigenvalue weighted by molar-refractivity contribution is 0.101. The smallest absolute Gasteiger partial charge is 0.181 e. The van der Waals surface area contributed by atoms with Gasteiger partial charge in [-0.1, -0.05) is 12.1 Å². The summed E-state index contributed by atoms with van der Waals surface area (Å²) >= 11 is 0. The van der Waals surface area contributed by atoms with Gasteiger partial charge in [-0.15, -0.1) is 0 Å². The van der Waals surface area contributed by atoms with E-state index in [1.807, 2.05) is 13.8 Å². The quantitative estimate of drug-likeness (QED) is 0.809. The zero-order chi connectivity index (χ0) is 15.6. The second-order valence-electron chi connectivity index (χ2n) is 4.76. The molecule has 0 aliphatic heterocycles. The highest BCUT2D eigenvalue weighted by Crippen LogP contribution is 2.17. The van der Waals surface area contributed by atoms with Crippen LogP contribution in [0.2, 0.25) is 0 Å². The number of carbonyl (C=O) groups excluding carboxylic acids is 1. The van der Waals surface area contributed by atoms with E-state index in [4.69, 9.17) is 0 Å². The average Bonchev–Trinajstić information content (AvgIpc) is 2.41. The topological polar surface area (TPSA) is 34.1 Å². The molecule has 110 valence electrons. The van der Waals surface area contributed by atoms with Crippen molar-refractivity contribution in [1.82, 2.24) is 0 Å². The van der Waals surface area contributed by atoms with Gasteiger partial charge in [0.1, 0.15) is 11.6 Å². The van der Waals surface area contributed by atoms with Gasteiger partial charge in [0.05, 0.1) is 22.1 Å². The Morgan fingerprint density at radius 3 is 2.24 bits per heavy atom. The van der Waals surface area contributed by atoms with Crippen LogP contribution in [0.25, 0.3) is 0 Å². The maximum absolute atomic E-state index is 13.5. The van der Waals surface area contributed by atoms with E-state index >= 15 is 0 Å². The van der Waals surface area contributed by atoms with Crippen molar-refractivity contribution in [3.63, 3.8) is 0 Å². The van der Waals surface area contributed by atoms with Crippen LogP contribution in [0.5, 0.6) is 0 Å². The Morgan fingerprint density at radius 1 is 1.05 bits per heavy atom. The Hall–Kier alpha value is -1.88. The van der Waals surface area contributed by atoms with Crippen LogP contribution in [0, 0.1) is 25.5 Å². The van der Waals surface area contributed by atoms with E-state index in [-0.39, 0.29) is 0 Å². The number of benzene rings is 2. The average molecular weight is 308 g/mol. The molecular formula is C16H14F2O2S. The molecular weight excluding hydrogens is 294 g/mol. The summed E-state index contributed by atoms with van der Waals surface area (Å²) in [6.45, 7) is 3.79. The lowest BCUT2D eigenvalue weighted by Crippen LogP contribution is -2.14. The molecule has 2 rings (SSSR count). The van der Waals surface area contributed by atoms with Crippen LogP contribution in [0.15, 0.2) is 41.3 Å². The van der Waals surface area contributed by atoms with Crippen LogP contribution >= 0.6 is 0 Å². The van der Waals surface area contributed by atoms with Crippen LogP contribution in [-0.2, 0) is 10.8 Å². The maximum atomic E-state index is 13.5. The van der Waals surface area contributed by atoms with Gasteiger partial charge in [0.2, 0.25) is 0 Å². The van der Waals surface area contributed by atoms with E-state index in [2.05, 4.69) is 0 Å². The molecule has 0 N–H and O–H groups in total. The number of ketones is 1. The van der Waals surface area contributed by atoms with Crippen LogP contribution < -0.4 is 0 Å². The van der Waals surface area contributed by atoms with Crippen LogP contribution in [0.3, 0.4) is 0 Å². The van der Waals surface area contributed by atoms with Gasteiger partial charge in [-0.2, -0.15) is 0 Å². The van der Waals surface area contributed by atoms with Crippen LogP contribution in [0.1, 0.15) is 21.5 Å². The highest BCUT2D eigenvalue weighted by Gasteiger charge is 2.20. The van der Waals surface area contributed by atoms with Crippen LogP contribution in [0.4, 0.5) is 8.78 Å². The molecule has 2 aromatic carbocycles. The molecule has 0 saturated heterocycles. The van der Waals surface area contributed by atoms with E-state index in [0.29, 0.717) is 4.90 Å². The van der Waals surface area contributed by atoms with Gasteiger partial charge in [0.25, 0.3) is 0 Å². The molecule has 1 atom stereocenters. The van der Waals surface area contributed by atoms with Gasteiger partial charge in [0, 0.05) is 4.90 Å². The van der Waals surface area contributed by atoms with E-state index in [0.717, 1.165) is 23.3 Å². The van der Waals surface area contributed by atoms with Gasteiger partial charge in [-0.3, -0.25) is 9.00 Å². The molecule has 2 nitrogen and oxygen atoms in total. The van der Waals surface area contributed by atoms with Crippen molar-refractivity contribution < 1.29 is 17.8 Å². The molecule has 0 fully saturated rings. The molecule has 0 aliphatic rings. The first-order valence-corrected chi connectivity index (χ1v) is 7.65. The number of Topliss-reactive ketones (excluding diaryl/α,β-unsaturated/α-hetero) is 1. The summed E-state index contributed by atoms with van der Waals surface area (Å²) in [6, 6.07) is 8.38. The third-order valence-electron chi connectivity index (χ3n) is 3.25. The Kier molecular flexibility index (Phi) is 4.63. The molecule has 5 heteroatoms. The maximum Gasteiger partial charge on any atom is 0.181 e. The standard InChI is InChI=1S/C16H14F2O2S/c1-10-6-7-12(8-11(10)2)21(20)9-15(19)16-13(17)4-3-5-14(16)18/h3-8H,9H2,1-2H3. The third-order valence-corrected chi connectivity index (χ3v) is 4.55. The zero-order valence-corrected chi connectivity index (χ0v) is 12.5. The molecule has 0 saturated carbocycles. The number of hydrogen-bond acceptors (Lipinski definition) is 2. The molecule has 1 unspecified atom stereocenters. The molecule has 0 aromatic heterocycles. The van der Waals surface area contributed by atoms with Crippen LogP contribution in [-0.4, -0.2) is 15.7 Å². The Morgan fingerprint density at radius 2 is 1.67 bits per heavy atom. The SMILES string of the molecule is Cc1ccc(S(=O)CC(=O)c2c(F)cccc2F)cc1C. The predicted octanol–water partition coefficient (Wildman–Crippen LogP) is 3.57. The highest BCUT2D eigenvalue weighted by molar-refractivity contribution is 7.85. The monoisotopic (exact) mass is 308 g/mol. The van der Waals surface area contributed by atoms with Crippen molar-refractivity contribution in [1.29, 1.82) is 0 Å². The summed E-state index contributed by atoms with van der Waals surface area (Å²) < 4.78 is 39.2. The lowest BCUT2D eigenvalue weighted by Gasteiger charge is -2.06. The summed E-state index contributed by atoms with van der Waals surface area (Å²) in [6.07, 6.45) is 0. The van der Waals surface area contributed by atoms with Gasteiger partial charge < -0.3 is 0 Å². The molecule has 2 aromatic rings.